The third-order valence-electron chi connectivity index (χ3n) is 4.52. The Bertz CT molecular complexity index is 1120. The quantitative estimate of drug-likeness (QED) is 0.448. The SMILES string of the molecule is Cc1nc2ccc(C(=O)NNC(=S)NCc3ccc4c(c3)OCO4)cc2nc1C. The van der Waals surface area contributed by atoms with E-state index in [1.165, 1.54) is 0 Å². The highest BCUT2D eigenvalue weighted by molar-refractivity contribution is 7.80. The van der Waals surface area contributed by atoms with E-state index in [1.807, 2.05) is 32.0 Å². The molecule has 8 nitrogen and oxygen atoms in total. The number of amides is 1. The molecule has 0 saturated carbocycles. The monoisotopic (exact) mass is 409 g/mol. The molecule has 0 bridgehead atoms. The van der Waals surface area contributed by atoms with Gasteiger partial charge in [0.15, 0.2) is 16.6 Å². The maximum Gasteiger partial charge on any atom is 0.269 e. The van der Waals surface area contributed by atoms with E-state index in [0.717, 1.165) is 28.2 Å². The van der Waals surface area contributed by atoms with Crippen molar-refractivity contribution in [3.05, 3.63) is 58.9 Å². The molecule has 0 atom stereocenters. The van der Waals surface area contributed by atoms with Crippen molar-refractivity contribution in [3.63, 3.8) is 0 Å². The fourth-order valence-electron chi connectivity index (χ4n) is 2.84. The lowest BCUT2D eigenvalue weighted by Crippen LogP contribution is -2.46. The molecule has 2 heterocycles. The highest BCUT2D eigenvalue weighted by Crippen LogP contribution is 2.32. The van der Waals surface area contributed by atoms with Gasteiger partial charge in [0.05, 0.1) is 22.4 Å². The van der Waals surface area contributed by atoms with Gasteiger partial charge < -0.3 is 14.8 Å². The number of fused-ring (bicyclic) bond motifs is 2. The lowest BCUT2D eigenvalue weighted by molar-refractivity contribution is 0.0944. The van der Waals surface area contributed by atoms with Gasteiger partial charge in [-0.2, -0.15) is 0 Å². The minimum atomic E-state index is -0.320. The Kier molecular flexibility index (Phi) is 5.13. The summed E-state index contributed by atoms with van der Waals surface area (Å²) in [5.74, 6) is 1.12. The average Bonchev–Trinajstić information content (AvgIpc) is 3.19. The van der Waals surface area contributed by atoms with Crippen molar-refractivity contribution in [2.75, 3.05) is 6.79 Å². The maximum absolute atomic E-state index is 12.4. The average molecular weight is 409 g/mol. The first kappa shape index (κ1) is 18.9. The lowest BCUT2D eigenvalue weighted by atomic mass is 10.1. The molecule has 1 aromatic heterocycles. The topological polar surface area (TPSA) is 97.4 Å². The molecule has 1 aliphatic heterocycles. The molecule has 0 fully saturated rings. The summed E-state index contributed by atoms with van der Waals surface area (Å²) in [6.07, 6.45) is 0. The molecule has 3 N–H and O–H groups in total. The van der Waals surface area contributed by atoms with Gasteiger partial charge in [-0.1, -0.05) is 6.07 Å². The number of carbonyl (C=O) groups is 1. The molecule has 3 aromatic rings. The van der Waals surface area contributed by atoms with Gasteiger partial charge in [0.2, 0.25) is 6.79 Å². The predicted molar refractivity (Wildman–Crippen MR) is 112 cm³/mol. The van der Waals surface area contributed by atoms with E-state index < -0.39 is 0 Å². The van der Waals surface area contributed by atoms with Crippen molar-refractivity contribution >= 4 is 34.3 Å². The number of hydrazine groups is 1. The molecule has 0 spiro atoms. The number of hydrogen-bond acceptors (Lipinski definition) is 6. The molecule has 9 heteroatoms. The summed E-state index contributed by atoms with van der Waals surface area (Å²) in [5, 5.41) is 3.32. The Morgan fingerprint density at radius 2 is 1.76 bits per heavy atom. The van der Waals surface area contributed by atoms with Gasteiger partial charge in [0.1, 0.15) is 0 Å². The molecule has 2 aromatic carbocycles. The largest absolute Gasteiger partial charge is 0.454 e. The Balaban J connectivity index is 1.32. The summed E-state index contributed by atoms with van der Waals surface area (Å²) in [6, 6.07) is 10.8. The number of aryl methyl sites for hydroxylation is 2. The molecule has 0 unspecified atom stereocenters. The number of ether oxygens (including phenoxy) is 2. The Labute approximate surface area is 172 Å². The van der Waals surface area contributed by atoms with Gasteiger partial charge in [0.25, 0.3) is 5.91 Å². The minimum Gasteiger partial charge on any atom is -0.454 e. The van der Waals surface area contributed by atoms with E-state index in [1.54, 1.807) is 18.2 Å². The van der Waals surface area contributed by atoms with Crippen LogP contribution in [0.15, 0.2) is 36.4 Å². The maximum atomic E-state index is 12.4. The second kappa shape index (κ2) is 7.88. The van der Waals surface area contributed by atoms with Crippen LogP contribution in [0.1, 0.15) is 27.3 Å². The van der Waals surface area contributed by atoms with Crippen LogP contribution in [0, 0.1) is 13.8 Å². The number of rotatable bonds is 3. The van der Waals surface area contributed by atoms with Crippen LogP contribution < -0.4 is 25.6 Å². The summed E-state index contributed by atoms with van der Waals surface area (Å²) in [5.41, 5.74) is 9.84. The first-order valence-electron chi connectivity index (χ1n) is 8.97. The van der Waals surface area contributed by atoms with Gasteiger partial charge in [-0.15, -0.1) is 0 Å². The van der Waals surface area contributed by atoms with E-state index >= 15 is 0 Å². The first-order valence-corrected chi connectivity index (χ1v) is 9.38. The van der Waals surface area contributed by atoms with E-state index in [9.17, 15) is 4.79 Å². The van der Waals surface area contributed by atoms with Crippen molar-refractivity contribution in [1.29, 1.82) is 0 Å². The number of nitrogens with one attached hydrogen (secondary N) is 3. The number of nitrogens with zero attached hydrogens (tertiary/aromatic N) is 2. The molecule has 0 saturated heterocycles. The van der Waals surface area contributed by atoms with Crippen molar-refractivity contribution < 1.29 is 14.3 Å². The van der Waals surface area contributed by atoms with Crippen molar-refractivity contribution in [1.82, 2.24) is 26.1 Å². The third kappa shape index (κ3) is 4.19. The fraction of sp³-hybridized carbons (Fsp3) is 0.200. The van der Waals surface area contributed by atoms with Gasteiger partial charge >= 0.3 is 0 Å². The van der Waals surface area contributed by atoms with Gasteiger partial charge in [-0.25, -0.2) is 9.97 Å². The molecule has 4 rings (SSSR count). The molecule has 1 amide bonds. The number of carbonyl (C=O) groups excluding carboxylic acids is 1. The number of hydrogen-bond donors (Lipinski definition) is 3. The number of benzene rings is 2. The van der Waals surface area contributed by atoms with E-state index in [2.05, 4.69) is 26.1 Å². The van der Waals surface area contributed by atoms with Crippen molar-refractivity contribution in [2.45, 2.75) is 20.4 Å². The molecule has 0 radical (unpaired) electrons. The van der Waals surface area contributed by atoms with Crippen LogP contribution in [0.25, 0.3) is 11.0 Å². The van der Waals surface area contributed by atoms with Gasteiger partial charge in [-0.05, 0) is 62.0 Å². The summed E-state index contributed by atoms with van der Waals surface area (Å²) in [7, 11) is 0. The van der Waals surface area contributed by atoms with Crippen LogP contribution in [0.4, 0.5) is 0 Å². The first-order chi connectivity index (χ1) is 14.0. The van der Waals surface area contributed by atoms with Crippen LogP contribution in [0.3, 0.4) is 0 Å². The van der Waals surface area contributed by atoms with Crippen LogP contribution >= 0.6 is 12.2 Å². The van der Waals surface area contributed by atoms with Crippen LogP contribution in [0.2, 0.25) is 0 Å². The zero-order valence-electron chi connectivity index (χ0n) is 15.9. The fourth-order valence-corrected chi connectivity index (χ4v) is 2.96. The van der Waals surface area contributed by atoms with E-state index in [4.69, 9.17) is 21.7 Å². The molecule has 1 aliphatic rings. The van der Waals surface area contributed by atoms with Gasteiger partial charge in [-0.3, -0.25) is 15.6 Å². The number of thiocarbonyl (C=S) groups is 1. The Morgan fingerprint density at radius 3 is 2.59 bits per heavy atom. The molecular weight excluding hydrogens is 390 g/mol. The summed E-state index contributed by atoms with van der Waals surface area (Å²) >= 11 is 5.21. The highest BCUT2D eigenvalue weighted by Gasteiger charge is 2.13. The Morgan fingerprint density at radius 1 is 1.00 bits per heavy atom. The highest BCUT2D eigenvalue weighted by atomic mass is 32.1. The molecular formula is C20H19N5O3S. The lowest BCUT2D eigenvalue weighted by Gasteiger charge is -2.12. The Hall–Kier alpha value is -3.46. The molecule has 29 heavy (non-hydrogen) atoms. The van der Waals surface area contributed by atoms with Crippen molar-refractivity contribution in [2.24, 2.45) is 0 Å². The predicted octanol–water partition coefficient (Wildman–Crippen LogP) is 2.28. The smallest absolute Gasteiger partial charge is 0.269 e. The summed E-state index contributed by atoms with van der Waals surface area (Å²) in [6.45, 7) is 4.50. The van der Waals surface area contributed by atoms with Crippen molar-refractivity contribution in [3.8, 4) is 11.5 Å². The second-order valence-electron chi connectivity index (χ2n) is 6.55. The number of aromatic nitrogens is 2. The summed E-state index contributed by atoms with van der Waals surface area (Å²) < 4.78 is 10.6. The van der Waals surface area contributed by atoms with Gasteiger partial charge in [0, 0.05) is 12.1 Å². The second-order valence-corrected chi connectivity index (χ2v) is 6.96. The van der Waals surface area contributed by atoms with Crippen LogP contribution in [0.5, 0.6) is 11.5 Å². The summed E-state index contributed by atoms with van der Waals surface area (Å²) in [4.78, 5) is 21.4. The van der Waals surface area contributed by atoms with E-state index in [0.29, 0.717) is 28.5 Å². The standard InChI is InChI=1S/C20H19N5O3S/c1-11-12(2)23-16-8-14(4-5-15(16)22-11)19(26)24-25-20(29)21-9-13-3-6-17-18(7-13)28-10-27-17/h3-8H,9-10H2,1-2H3,(H,24,26)(H2,21,25,29). The van der Waals surface area contributed by atoms with Crippen LogP contribution in [-0.2, 0) is 6.54 Å². The molecule has 148 valence electrons. The normalized spacial score (nSPS) is 11.9. The zero-order valence-corrected chi connectivity index (χ0v) is 16.7. The molecule has 0 aliphatic carbocycles. The zero-order chi connectivity index (χ0) is 20.4. The van der Waals surface area contributed by atoms with Crippen LogP contribution in [-0.4, -0.2) is 27.8 Å². The third-order valence-corrected chi connectivity index (χ3v) is 4.76. The minimum absolute atomic E-state index is 0.234. The van der Waals surface area contributed by atoms with E-state index in [-0.39, 0.29) is 12.7 Å².